The smallest absolute Gasteiger partial charge is 0.123 e. The molecule has 0 radical (unpaired) electrons. The van der Waals surface area contributed by atoms with E-state index in [-0.39, 0.29) is 11.9 Å². The first-order valence-corrected chi connectivity index (χ1v) is 8.13. The Labute approximate surface area is 119 Å². The maximum Gasteiger partial charge on any atom is 0.123 e. The molecule has 2 nitrogen and oxygen atoms in total. The number of hydrogen-bond acceptors (Lipinski definition) is 3. The zero-order valence-corrected chi connectivity index (χ0v) is 12.3. The molecule has 1 unspecified atom stereocenters. The fourth-order valence-electron chi connectivity index (χ4n) is 2.75. The van der Waals surface area contributed by atoms with Crippen molar-refractivity contribution >= 4 is 11.8 Å². The van der Waals surface area contributed by atoms with E-state index in [0.29, 0.717) is 0 Å². The lowest BCUT2D eigenvalue weighted by Crippen LogP contribution is -2.39. The van der Waals surface area contributed by atoms with Crippen LogP contribution in [0.1, 0.15) is 30.4 Å². The number of aryl methyl sites for hydroxylation is 1. The molecule has 1 aromatic rings. The van der Waals surface area contributed by atoms with Crippen LogP contribution in [0, 0.1) is 18.7 Å². The molecule has 1 fully saturated rings. The summed E-state index contributed by atoms with van der Waals surface area (Å²) in [5, 5.41) is 0. The van der Waals surface area contributed by atoms with Gasteiger partial charge in [0.25, 0.3) is 0 Å². The van der Waals surface area contributed by atoms with E-state index in [1.807, 2.05) is 24.8 Å². The summed E-state index contributed by atoms with van der Waals surface area (Å²) in [6.45, 7) is 1.96. The Morgan fingerprint density at radius 2 is 2.16 bits per heavy atom. The summed E-state index contributed by atoms with van der Waals surface area (Å²) in [5.74, 6) is 8.86. The summed E-state index contributed by atoms with van der Waals surface area (Å²) < 4.78 is 13.1. The van der Waals surface area contributed by atoms with Gasteiger partial charge in [-0.2, -0.15) is 11.8 Å². The van der Waals surface area contributed by atoms with Crippen LogP contribution in [0.2, 0.25) is 0 Å². The normalized spacial score (nSPS) is 18.5. The molecule has 0 aromatic heterocycles. The zero-order chi connectivity index (χ0) is 13.7. The predicted molar refractivity (Wildman–Crippen MR) is 80.6 cm³/mol. The topological polar surface area (TPSA) is 38.0 Å². The molecule has 1 aliphatic heterocycles. The van der Waals surface area contributed by atoms with E-state index >= 15 is 0 Å². The van der Waals surface area contributed by atoms with Crippen LogP contribution in [0.25, 0.3) is 0 Å². The number of rotatable bonds is 5. The number of halogens is 1. The summed E-state index contributed by atoms with van der Waals surface area (Å²) in [5.41, 5.74) is 5.14. The Bertz CT molecular complexity index is 405. The molecule has 0 spiro atoms. The van der Waals surface area contributed by atoms with Crippen molar-refractivity contribution in [3.05, 3.63) is 35.1 Å². The highest BCUT2D eigenvalue weighted by Gasteiger charge is 2.19. The van der Waals surface area contributed by atoms with E-state index in [9.17, 15) is 4.39 Å². The minimum atomic E-state index is -0.164. The second kappa shape index (κ2) is 7.27. The molecule has 4 heteroatoms. The molecule has 0 bridgehead atoms. The average Bonchev–Trinajstić information content (AvgIpc) is 2.42. The van der Waals surface area contributed by atoms with E-state index in [2.05, 4.69) is 5.43 Å². The maximum absolute atomic E-state index is 13.1. The van der Waals surface area contributed by atoms with E-state index in [0.717, 1.165) is 24.3 Å². The number of nitrogens with two attached hydrogens (primary N) is 1. The van der Waals surface area contributed by atoms with Crippen molar-refractivity contribution in [2.24, 2.45) is 11.8 Å². The molecule has 2 rings (SSSR count). The van der Waals surface area contributed by atoms with Gasteiger partial charge >= 0.3 is 0 Å². The Morgan fingerprint density at radius 1 is 1.42 bits per heavy atom. The molecule has 0 amide bonds. The van der Waals surface area contributed by atoms with E-state index in [4.69, 9.17) is 5.84 Å². The molecular formula is C15H23FN2S. The lowest BCUT2D eigenvalue weighted by Gasteiger charge is -2.26. The molecule has 1 aromatic carbocycles. The highest BCUT2D eigenvalue weighted by molar-refractivity contribution is 7.99. The van der Waals surface area contributed by atoms with Crippen LogP contribution in [-0.2, 0) is 6.42 Å². The second-order valence-corrected chi connectivity index (χ2v) is 6.65. The van der Waals surface area contributed by atoms with Crippen LogP contribution in [0.3, 0.4) is 0 Å². The van der Waals surface area contributed by atoms with Crippen molar-refractivity contribution in [3.8, 4) is 0 Å². The van der Waals surface area contributed by atoms with Crippen molar-refractivity contribution in [2.75, 3.05) is 11.5 Å². The summed E-state index contributed by atoms with van der Waals surface area (Å²) >= 11 is 2.05. The Kier molecular flexibility index (Phi) is 5.67. The first-order chi connectivity index (χ1) is 9.19. The first-order valence-electron chi connectivity index (χ1n) is 6.98. The van der Waals surface area contributed by atoms with E-state index in [1.54, 1.807) is 6.07 Å². The van der Waals surface area contributed by atoms with Gasteiger partial charge in [-0.3, -0.25) is 11.3 Å². The minimum absolute atomic E-state index is 0.164. The van der Waals surface area contributed by atoms with Gasteiger partial charge in [-0.05, 0) is 73.3 Å². The molecule has 1 saturated heterocycles. The van der Waals surface area contributed by atoms with Crippen molar-refractivity contribution in [3.63, 3.8) is 0 Å². The fraction of sp³-hybridized carbons (Fsp3) is 0.600. The molecule has 0 aliphatic carbocycles. The van der Waals surface area contributed by atoms with Gasteiger partial charge in [0, 0.05) is 6.04 Å². The highest BCUT2D eigenvalue weighted by Crippen LogP contribution is 2.27. The maximum atomic E-state index is 13.1. The predicted octanol–water partition coefficient (Wildman–Crippen LogP) is 3.04. The molecule has 106 valence electrons. The van der Waals surface area contributed by atoms with Crippen molar-refractivity contribution in [2.45, 2.75) is 38.6 Å². The van der Waals surface area contributed by atoms with Gasteiger partial charge < -0.3 is 0 Å². The van der Waals surface area contributed by atoms with Gasteiger partial charge in [-0.1, -0.05) is 6.07 Å². The average molecular weight is 282 g/mol. The number of benzene rings is 1. The van der Waals surface area contributed by atoms with Crippen molar-refractivity contribution in [1.82, 2.24) is 5.43 Å². The fourth-order valence-corrected chi connectivity index (χ4v) is 3.95. The van der Waals surface area contributed by atoms with Crippen LogP contribution in [-0.4, -0.2) is 17.5 Å². The molecule has 19 heavy (non-hydrogen) atoms. The van der Waals surface area contributed by atoms with Crippen molar-refractivity contribution < 1.29 is 4.39 Å². The van der Waals surface area contributed by atoms with Gasteiger partial charge in [0.1, 0.15) is 5.82 Å². The Balaban J connectivity index is 1.94. The van der Waals surface area contributed by atoms with Crippen molar-refractivity contribution in [1.29, 1.82) is 0 Å². The first kappa shape index (κ1) is 14.8. The number of hydrazine groups is 1. The summed E-state index contributed by atoms with van der Waals surface area (Å²) in [6, 6.07) is 5.30. The Morgan fingerprint density at radius 3 is 2.79 bits per heavy atom. The van der Waals surface area contributed by atoms with Gasteiger partial charge in [-0.15, -0.1) is 0 Å². The van der Waals surface area contributed by atoms with Crippen LogP contribution in [0.4, 0.5) is 4.39 Å². The van der Waals surface area contributed by atoms with Crippen LogP contribution in [0.15, 0.2) is 18.2 Å². The lowest BCUT2D eigenvalue weighted by molar-refractivity contribution is 0.365. The van der Waals surface area contributed by atoms with Gasteiger partial charge in [0.2, 0.25) is 0 Å². The van der Waals surface area contributed by atoms with E-state index in [1.165, 1.54) is 36.0 Å². The standard InChI is InChI=1S/C15H23FN2S/c1-11-8-14(16)3-2-13(11)10-15(18-17)9-12-4-6-19-7-5-12/h2-3,8,12,15,18H,4-7,9-10,17H2,1H3. The van der Waals surface area contributed by atoms with Gasteiger partial charge in [0.15, 0.2) is 0 Å². The molecule has 0 saturated carbocycles. The molecule has 1 atom stereocenters. The zero-order valence-electron chi connectivity index (χ0n) is 11.5. The van der Waals surface area contributed by atoms with Gasteiger partial charge in [0.05, 0.1) is 0 Å². The van der Waals surface area contributed by atoms with E-state index < -0.39 is 0 Å². The summed E-state index contributed by atoms with van der Waals surface area (Å²) in [4.78, 5) is 0. The Hall–Kier alpha value is -0.580. The monoisotopic (exact) mass is 282 g/mol. The number of nitrogens with one attached hydrogen (secondary N) is 1. The lowest BCUT2D eigenvalue weighted by atomic mass is 9.90. The molecule has 1 aliphatic rings. The second-order valence-electron chi connectivity index (χ2n) is 5.43. The number of thioether (sulfide) groups is 1. The number of hydrogen-bond donors (Lipinski definition) is 2. The SMILES string of the molecule is Cc1cc(F)ccc1CC(CC1CCSCC1)NN. The molecular weight excluding hydrogens is 259 g/mol. The van der Waals surface area contributed by atoms with Crippen LogP contribution >= 0.6 is 11.8 Å². The molecule has 1 heterocycles. The third-order valence-electron chi connectivity index (χ3n) is 3.97. The highest BCUT2D eigenvalue weighted by atomic mass is 32.2. The quantitative estimate of drug-likeness (QED) is 0.644. The molecule has 3 N–H and O–H groups in total. The minimum Gasteiger partial charge on any atom is -0.271 e. The van der Waals surface area contributed by atoms with Crippen LogP contribution < -0.4 is 11.3 Å². The third-order valence-corrected chi connectivity index (χ3v) is 5.01. The van der Waals surface area contributed by atoms with Crippen LogP contribution in [0.5, 0.6) is 0 Å². The third kappa shape index (κ3) is 4.48. The largest absolute Gasteiger partial charge is 0.271 e. The summed E-state index contributed by atoms with van der Waals surface area (Å²) in [7, 11) is 0. The van der Waals surface area contributed by atoms with Gasteiger partial charge in [-0.25, -0.2) is 4.39 Å². The summed E-state index contributed by atoms with van der Waals surface area (Å²) in [6.07, 6.45) is 4.59.